The maximum Gasteiger partial charge on any atom is 0.220 e. The second kappa shape index (κ2) is 6.18. The third-order valence-corrected chi connectivity index (χ3v) is 2.68. The zero-order valence-electron chi connectivity index (χ0n) is 10.6. The fourth-order valence-electron chi connectivity index (χ4n) is 1.72. The lowest BCUT2D eigenvalue weighted by atomic mass is 10.0. The van der Waals surface area contributed by atoms with Crippen LogP contribution in [0, 0.1) is 0 Å². The van der Waals surface area contributed by atoms with Crippen molar-refractivity contribution < 1.29 is 24.9 Å². The van der Waals surface area contributed by atoms with E-state index in [1.807, 2.05) is 0 Å². The number of hydrogen-bond donors (Lipinski definition) is 3. The number of rotatable bonds is 5. The smallest absolute Gasteiger partial charge is 0.220 e. The molecule has 20 heavy (non-hydrogen) atoms. The van der Waals surface area contributed by atoms with Gasteiger partial charge in [0.15, 0.2) is 5.78 Å². The van der Waals surface area contributed by atoms with Gasteiger partial charge in [-0.1, -0.05) is 30.3 Å². The minimum absolute atomic E-state index is 0.141. The van der Waals surface area contributed by atoms with Crippen molar-refractivity contribution in [2.75, 3.05) is 6.61 Å². The molecule has 0 fully saturated rings. The summed E-state index contributed by atoms with van der Waals surface area (Å²) < 4.78 is 4.92. The van der Waals surface area contributed by atoms with E-state index in [1.165, 1.54) is 18.2 Å². The first-order valence-corrected chi connectivity index (χ1v) is 6.00. The summed E-state index contributed by atoms with van der Waals surface area (Å²) in [6.07, 6.45) is -1.37. The number of ketones is 1. The van der Waals surface area contributed by atoms with Gasteiger partial charge in [-0.05, 0) is 12.1 Å². The number of aliphatic hydroxyl groups excluding tert-OH is 2. The molecule has 0 aliphatic carbocycles. The van der Waals surface area contributed by atoms with Crippen LogP contribution >= 0.6 is 0 Å². The van der Waals surface area contributed by atoms with Gasteiger partial charge >= 0.3 is 0 Å². The first kappa shape index (κ1) is 14.0. The summed E-state index contributed by atoms with van der Waals surface area (Å²) in [6, 6.07) is 12.6. The molecule has 0 aromatic heterocycles. The van der Waals surface area contributed by atoms with E-state index in [4.69, 9.17) is 14.9 Å². The summed E-state index contributed by atoms with van der Waals surface area (Å²) >= 11 is 0. The molecule has 0 saturated heterocycles. The van der Waals surface area contributed by atoms with Crippen molar-refractivity contribution in [3.05, 3.63) is 59.7 Å². The van der Waals surface area contributed by atoms with E-state index in [9.17, 15) is 9.90 Å². The second-order valence-electron chi connectivity index (χ2n) is 4.13. The van der Waals surface area contributed by atoms with Crippen LogP contribution in [-0.4, -0.2) is 34.0 Å². The molecule has 0 saturated carbocycles. The van der Waals surface area contributed by atoms with Crippen LogP contribution in [0.1, 0.15) is 15.9 Å². The zero-order valence-corrected chi connectivity index (χ0v) is 10.6. The van der Waals surface area contributed by atoms with Crippen molar-refractivity contribution in [2.24, 2.45) is 0 Å². The fourth-order valence-corrected chi connectivity index (χ4v) is 1.72. The molecule has 5 nitrogen and oxygen atoms in total. The van der Waals surface area contributed by atoms with Crippen LogP contribution in [0.5, 0.6) is 11.5 Å². The molecule has 0 aliphatic rings. The molecule has 0 radical (unpaired) electrons. The predicted octanol–water partition coefficient (Wildman–Crippen LogP) is 1.31. The van der Waals surface area contributed by atoms with Crippen LogP contribution < -0.4 is 4.74 Å². The molecular formula is C15H14O5. The van der Waals surface area contributed by atoms with Gasteiger partial charge < -0.3 is 20.1 Å². The van der Waals surface area contributed by atoms with Gasteiger partial charge in [0.25, 0.3) is 0 Å². The highest BCUT2D eigenvalue weighted by Gasteiger charge is 2.14. The van der Waals surface area contributed by atoms with Crippen molar-refractivity contribution in [3.8, 4) is 11.5 Å². The minimum atomic E-state index is -1.37. The Morgan fingerprint density at radius 3 is 2.45 bits per heavy atom. The van der Waals surface area contributed by atoms with Crippen molar-refractivity contribution in [3.63, 3.8) is 0 Å². The maximum atomic E-state index is 12.2. The highest BCUT2D eigenvalue weighted by Crippen LogP contribution is 2.26. The van der Waals surface area contributed by atoms with Crippen molar-refractivity contribution in [1.82, 2.24) is 0 Å². The SMILES string of the molecule is O=C(c1ccccc1)c1ccc(OC(O)CO)cc1O. The van der Waals surface area contributed by atoms with E-state index in [0.29, 0.717) is 5.56 Å². The van der Waals surface area contributed by atoms with Gasteiger partial charge in [-0.25, -0.2) is 0 Å². The molecule has 5 heteroatoms. The molecular weight excluding hydrogens is 260 g/mol. The van der Waals surface area contributed by atoms with Gasteiger partial charge in [-0.2, -0.15) is 0 Å². The van der Waals surface area contributed by atoms with E-state index < -0.39 is 12.9 Å². The van der Waals surface area contributed by atoms with Gasteiger partial charge in [0.1, 0.15) is 18.1 Å². The quantitative estimate of drug-likeness (QED) is 0.565. The van der Waals surface area contributed by atoms with Crippen molar-refractivity contribution in [1.29, 1.82) is 0 Å². The molecule has 1 unspecified atom stereocenters. The number of ether oxygens (including phenoxy) is 1. The molecule has 104 valence electrons. The van der Waals surface area contributed by atoms with Gasteiger partial charge in [0.2, 0.25) is 6.29 Å². The molecule has 0 heterocycles. The first-order chi connectivity index (χ1) is 9.61. The standard InChI is InChI=1S/C15H14O5/c16-9-14(18)20-11-6-7-12(13(17)8-11)15(19)10-4-2-1-3-5-10/h1-8,14,16-18H,9H2. The van der Waals surface area contributed by atoms with Crippen molar-refractivity contribution >= 4 is 5.78 Å². The summed E-state index contributed by atoms with van der Waals surface area (Å²) in [6.45, 7) is -0.564. The molecule has 2 aromatic carbocycles. The molecule has 1 atom stereocenters. The van der Waals surface area contributed by atoms with Crippen LogP contribution in [0.25, 0.3) is 0 Å². The summed E-state index contributed by atoms with van der Waals surface area (Å²) in [5, 5.41) is 27.7. The van der Waals surface area contributed by atoms with Crippen molar-refractivity contribution in [2.45, 2.75) is 6.29 Å². The van der Waals surface area contributed by atoms with E-state index in [0.717, 1.165) is 0 Å². The Morgan fingerprint density at radius 2 is 1.85 bits per heavy atom. The van der Waals surface area contributed by atoms with Crippen LogP contribution in [0.3, 0.4) is 0 Å². The van der Waals surface area contributed by atoms with Crippen LogP contribution in [0.15, 0.2) is 48.5 Å². The molecule has 0 bridgehead atoms. The number of phenols is 1. The van der Waals surface area contributed by atoms with Crippen LogP contribution in [-0.2, 0) is 0 Å². The predicted molar refractivity (Wildman–Crippen MR) is 71.7 cm³/mol. The number of carbonyl (C=O) groups excluding carboxylic acids is 1. The molecule has 2 aromatic rings. The van der Waals surface area contributed by atoms with Crippen LogP contribution in [0.2, 0.25) is 0 Å². The fraction of sp³-hybridized carbons (Fsp3) is 0.133. The first-order valence-electron chi connectivity index (χ1n) is 6.00. The Morgan fingerprint density at radius 1 is 1.15 bits per heavy atom. The Bertz CT molecular complexity index is 594. The van der Waals surface area contributed by atoms with E-state index in [-0.39, 0.29) is 22.8 Å². The normalized spacial score (nSPS) is 11.9. The highest BCUT2D eigenvalue weighted by atomic mass is 16.6. The maximum absolute atomic E-state index is 12.2. The highest BCUT2D eigenvalue weighted by molar-refractivity contribution is 6.10. The third kappa shape index (κ3) is 3.14. The molecule has 0 spiro atoms. The summed E-state index contributed by atoms with van der Waals surface area (Å²) in [7, 11) is 0. The van der Waals surface area contributed by atoms with E-state index in [1.54, 1.807) is 30.3 Å². The lowest BCUT2D eigenvalue weighted by molar-refractivity contribution is -0.0549. The minimum Gasteiger partial charge on any atom is -0.507 e. The molecule has 3 N–H and O–H groups in total. The van der Waals surface area contributed by atoms with Gasteiger partial charge in [0.05, 0.1) is 5.56 Å². The third-order valence-electron chi connectivity index (χ3n) is 2.68. The van der Waals surface area contributed by atoms with Crippen LogP contribution in [0.4, 0.5) is 0 Å². The van der Waals surface area contributed by atoms with Gasteiger partial charge in [-0.15, -0.1) is 0 Å². The Balaban J connectivity index is 2.24. The van der Waals surface area contributed by atoms with Gasteiger partial charge in [-0.3, -0.25) is 4.79 Å². The average Bonchev–Trinajstić information content (AvgIpc) is 2.47. The number of phenolic OH excluding ortho intramolecular Hbond substituents is 1. The number of carbonyl (C=O) groups is 1. The molecule has 0 amide bonds. The van der Waals surface area contributed by atoms with E-state index >= 15 is 0 Å². The monoisotopic (exact) mass is 274 g/mol. The number of benzene rings is 2. The summed E-state index contributed by atoms with van der Waals surface area (Å²) in [5.41, 5.74) is 0.605. The summed E-state index contributed by atoms with van der Waals surface area (Å²) in [4.78, 5) is 12.2. The lowest BCUT2D eigenvalue weighted by Crippen LogP contribution is -2.19. The Hall–Kier alpha value is -2.37. The second-order valence-corrected chi connectivity index (χ2v) is 4.13. The van der Waals surface area contributed by atoms with Gasteiger partial charge in [0, 0.05) is 11.6 Å². The largest absolute Gasteiger partial charge is 0.507 e. The lowest BCUT2D eigenvalue weighted by Gasteiger charge is -2.12. The number of hydrogen-bond acceptors (Lipinski definition) is 5. The average molecular weight is 274 g/mol. The zero-order chi connectivity index (χ0) is 14.5. The Kier molecular flexibility index (Phi) is 4.34. The molecule has 0 aliphatic heterocycles. The molecule has 2 rings (SSSR count). The Labute approximate surface area is 115 Å². The topological polar surface area (TPSA) is 87.0 Å². The van der Waals surface area contributed by atoms with E-state index in [2.05, 4.69) is 0 Å². The summed E-state index contributed by atoms with van der Waals surface area (Å²) in [5.74, 6) is -0.396. The number of aliphatic hydroxyl groups is 2. The number of aromatic hydroxyl groups is 1.